The van der Waals surface area contributed by atoms with Crippen LogP contribution >= 0.6 is 0 Å². The number of benzene rings is 1. The summed E-state index contributed by atoms with van der Waals surface area (Å²) in [5.41, 5.74) is -0.405. The number of carbonyl (C=O) groups excluding carboxylic acids is 2. The van der Waals surface area contributed by atoms with Gasteiger partial charge in [-0.25, -0.2) is 4.79 Å². The van der Waals surface area contributed by atoms with E-state index in [4.69, 9.17) is 4.74 Å². The Morgan fingerprint density at radius 3 is 2.62 bits per heavy atom. The second kappa shape index (κ2) is 6.14. The molecule has 1 saturated carbocycles. The number of aliphatic carboxylic acids is 1. The summed E-state index contributed by atoms with van der Waals surface area (Å²) in [5.74, 6) is -1.12. The van der Waals surface area contributed by atoms with Gasteiger partial charge in [0, 0.05) is 12.6 Å². The minimum Gasteiger partial charge on any atom is -0.482 e. The maximum atomic E-state index is 12.8. The molecule has 0 bridgehead atoms. The third-order valence-electron chi connectivity index (χ3n) is 4.88. The lowest BCUT2D eigenvalue weighted by molar-refractivity contribution is -0.151. The number of carboxylic acid groups (broad SMARTS) is 1. The Bertz CT molecular complexity index is 694. The van der Waals surface area contributed by atoms with Gasteiger partial charge < -0.3 is 20.1 Å². The number of hydrogen-bond donors (Lipinski definition) is 2. The van der Waals surface area contributed by atoms with Crippen molar-refractivity contribution in [3.05, 3.63) is 23.8 Å². The highest BCUT2D eigenvalue weighted by molar-refractivity contribution is 6.01. The molecule has 3 rings (SSSR count). The summed E-state index contributed by atoms with van der Waals surface area (Å²) < 4.78 is 5.27. The van der Waals surface area contributed by atoms with E-state index in [0.29, 0.717) is 29.8 Å². The van der Waals surface area contributed by atoms with Gasteiger partial charge in [-0.3, -0.25) is 9.59 Å². The number of anilines is 1. The monoisotopic (exact) mass is 332 g/mol. The summed E-state index contributed by atoms with van der Waals surface area (Å²) in [7, 11) is 1.54. The van der Waals surface area contributed by atoms with Crippen molar-refractivity contribution in [3.8, 4) is 5.75 Å². The highest BCUT2D eigenvalue weighted by atomic mass is 16.5. The molecule has 2 N–H and O–H groups in total. The van der Waals surface area contributed by atoms with Crippen LogP contribution in [-0.4, -0.2) is 47.0 Å². The fourth-order valence-electron chi connectivity index (χ4n) is 3.43. The maximum Gasteiger partial charge on any atom is 0.329 e. The molecule has 0 atom stereocenters. The van der Waals surface area contributed by atoms with E-state index in [9.17, 15) is 19.5 Å². The van der Waals surface area contributed by atoms with Crippen LogP contribution in [0.4, 0.5) is 5.69 Å². The Hall–Kier alpha value is -2.57. The molecule has 1 aliphatic carbocycles. The molecule has 0 unspecified atom stereocenters. The Morgan fingerprint density at radius 1 is 1.25 bits per heavy atom. The Morgan fingerprint density at radius 2 is 1.96 bits per heavy atom. The molecule has 7 nitrogen and oxygen atoms in total. The van der Waals surface area contributed by atoms with Crippen molar-refractivity contribution >= 4 is 23.5 Å². The highest BCUT2D eigenvalue weighted by Crippen LogP contribution is 2.35. The average Bonchev–Trinajstić information content (AvgIpc) is 2.60. The van der Waals surface area contributed by atoms with Crippen LogP contribution in [0.15, 0.2) is 18.2 Å². The van der Waals surface area contributed by atoms with Gasteiger partial charge in [0.05, 0.1) is 5.69 Å². The molecule has 1 aromatic carbocycles. The van der Waals surface area contributed by atoms with Crippen molar-refractivity contribution in [2.75, 3.05) is 19.0 Å². The van der Waals surface area contributed by atoms with Crippen LogP contribution in [-0.2, 0) is 9.59 Å². The first kappa shape index (κ1) is 16.3. The molecule has 0 saturated heterocycles. The van der Waals surface area contributed by atoms with Crippen molar-refractivity contribution < 1.29 is 24.2 Å². The molecule has 128 valence electrons. The van der Waals surface area contributed by atoms with E-state index in [-0.39, 0.29) is 18.4 Å². The fraction of sp³-hybridized carbons (Fsp3) is 0.471. The van der Waals surface area contributed by atoms with Gasteiger partial charge in [0.15, 0.2) is 6.61 Å². The molecule has 1 aromatic rings. The van der Waals surface area contributed by atoms with Gasteiger partial charge in [-0.2, -0.15) is 0 Å². The molecule has 2 amide bonds. The second-order valence-corrected chi connectivity index (χ2v) is 6.31. The molecule has 24 heavy (non-hydrogen) atoms. The standard InChI is InChI=1S/C17H20N2O5/c1-19(17(16(22)23)7-3-2-4-8-17)15(21)11-5-6-13-12(9-11)18-14(20)10-24-13/h5-6,9H,2-4,7-8,10H2,1H3,(H,18,20)(H,22,23). The third-order valence-corrected chi connectivity index (χ3v) is 4.88. The summed E-state index contributed by atoms with van der Waals surface area (Å²) in [6, 6.07) is 4.74. The Balaban J connectivity index is 1.89. The number of hydrogen-bond acceptors (Lipinski definition) is 4. The molecule has 0 aromatic heterocycles. The van der Waals surface area contributed by atoms with Crippen LogP contribution in [0, 0.1) is 0 Å². The van der Waals surface area contributed by atoms with Gasteiger partial charge in [-0.1, -0.05) is 19.3 Å². The van der Waals surface area contributed by atoms with Gasteiger partial charge in [-0.15, -0.1) is 0 Å². The van der Waals surface area contributed by atoms with E-state index in [0.717, 1.165) is 19.3 Å². The van der Waals surface area contributed by atoms with Gasteiger partial charge in [0.2, 0.25) is 0 Å². The first-order valence-corrected chi connectivity index (χ1v) is 8.02. The Kier molecular flexibility index (Phi) is 4.17. The largest absolute Gasteiger partial charge is 0.482 e. The average molecular weight is 332 g/mol. The summed E-state index contributed by atoms with van der Waals surface area (Å²) in [4.78, 5) is 37.4. The number of nitrogens with zero attached hydrogens (tertiary/aromatic N) is 1. The number of carboxylic acids is 1. The summed E-state index contributed by atoms with van der Waals surface area (Å²) >= 11 is 0. The molecule has 1 aliphatic heterocycles. The van der Waals surface area contributed by atoms with Crippen molar-refractivity contribution in [2.24, 2.45) is 0 Å². The summed E-state index contributed by atoms with van der Waals surface area (Å²) in [6.07, 6.45) is 3.47. The quantitative estimate of drug-likeness (QED) is 0.881. The van der Waals surface area contributed by atoms with E-state index >= 15 is 0 Å². The summed E-state index contributed by atoms with van der Waals surface area (Å²) in [6.45, 7) is -0.0533. The van der Waals surface area contributed by atoms with Crippen molar-refractivity contribution in [1.29, 1.82) is 0 Å². The van der Waals surface area contributed by atoms with E-state index < -0.39 is 11.5 Å². The first-order chi connectivity index (χ1) is 11.4. The maximum absolute atomic E-state index is 12.8. The van der Waals surface area contributed by atoms with E-state index in [1.165, 1.54) is 18.0 Å². The molecular weight excluding hydrogens is 312 g/mol. The summed E-state index contributed by atoms with van der Waals surface area (Å²) in [5, 5.41) is 12.4. The number of nitrogens with one attached hydrogen (secondary N) is 1. The molecule has 1 fully saturated rings. The second-order valence-electron chi connectivity index (χ2n) is 6.31. The zero-order valence-corrected chi connectivity index (χ0v) is 13.5. The lowest BCUT2D eigenvalue weighted by Gasteiger charge is -2.41. The third kappa shape index (κ3) is 2.70. The zero-order chi connectivity index (χ0) is 17.3. The predicted octanol–water partition coefficient (Wildman–Crippen LogP) is 1.88. The van der Waals surface area contributed by atoms with Crippen LogP contribution < -0.4 is 10.1 Å². The fourth-order valence-corrected chi connectivity index (χ4v) is 3.43. The van der Waals surface area contributed by atoms with E-state index in [1.807, 2.05) is 0 Å². The lowest BCUT2D eigenvalue weighted by atomic mass is 9.80. The van der Waals surface area contributed by atoms with E-state index in [1.54, 1.807) is 12.1 Å². The van der Waals surface area contributed by atoms with Gasteiger partial charge in [0.25, 0.3) is 11.8 Å². The normalized spacial score (nSPS) is 18.8. The minimum absolute atomic E-state index is 0.0533. The van der Waals surface area contributed by atoms with Crippen LogP contribution in [0.5, 0.6) is 5.75 Å². The Labute approximate surface area is 139 Å². The highest BCUT2D eigenvalue weighted by Gasteiger charge is 2.45. The molecule has 0 spiro atoms. The first-order valence-electron chi connectivity index (χ1n) is 8.02. The van der Waals surface area contributed by atoms with Crippen molar-refractivity contribution in [3.63, 3.8) is 0 Å². The van der Waals surface area contributed by atoms with Gasteiger partial charge >= 0.3 is 5.97 Å². The predicted molar refractivity (Wildman–Crippen MR) is 86.1 cm³/mol. The smallest absolute Gasteiger partial charge is 0.329 e. The number of carbonyl (C=O) groups is 3. The molecular formula is C17H20N2O5. The number of amides is 2. The van der Waals surface area contributed by atoms with Crippen molar-refractivity contribution in [1.82, 2.24) is 4.90 Å². The molecule has 2 aliphatic rings. The lowest BCUT2D eigenvalue weighted by Crippen LogP contribution is -2.56. The van der Waals surface area contributed by atoms with Crippen LogP contribution in [0.2, 0.25) is 0 Å². The zero-order valence-electron chi connectivity index (χ0n) is 13.5. The molecule has 7 heteroatoms. The van der Waals surface area contributed by atoms with Gasteiger partial charge in [-0.05, 0) is 31.0 Å². The van der Waals surface area contributed by atoms with Crippen molar-refractivity contribution in [2.45, 2.75) is 37.6 Å². The van der Waals surface area contributed by atoms with Gasteiger partial charge in [0.1, 0.15) is 11.3 Å². The minimum atomic E-state index is -1.16. The SMILES string of the molecule is CN(C(=O)c1ccc2c(c1)NC(=O)CO2)C1(C(=O)O)CCCCC1. The molecule has 0 radical (unpaired) electrons. The van der Waals surface area contributed by atoms with E-state index in [2.05, 4.69) is 5.32 Å². The number of rotatable bonds is 3. The topological polar surface area (TPSA) is 95.9 Å². The number of ether oxygens (including phenoxy) is 1. The molecule has 1 heterocycles. The van der Waals surface area contributed by atoms with Crippen LogP contribution in [0.25, 0.3) is 0 Å². The van der Waals surface area contributed by atoms with Crippen LogP contribution in [0.1, 0.15) is 42.5 Å². The number of likely N-dealkylation sites (N-methyl/N-ethyl adjacent to an activating group) is 1. The number of fused-ring (bicyclic) bond motifs is 1. The van der Waals surface area contributed by atoms with Crippen LogP contribution in [0.3, 0.4) is 0 Å².